The molecule has 5 heteroatoms. The molecule has 2 atom stereocenters. The van der Waals surface area contributed by atoms with Crippen LogP contribution in [-0.2, 0) is 20.8 Å². The van der Waals surface area contributed by atoms with Gasteiger partial charge in [0.15, 0.2) is 0 Å². The van der Waals surface area contributed by atoms with E-state index in [-0.39, 0.29) is 24.0 Å². The molecule has 0 saturated carbocycles. The van der Waals surface area contributed by atoms with Gasteiger partial charge in [-0.1, -0.05) is 29.8 Å². The lowest BCUT2D eigenvalue weighted by molar-refractivity contribution is -0.136. The van der Waals surface area contributed by atoms with Gasteiger partial charge in [-0.05, 0) is 25.3 Å². The first-order valence-corrected chi connectivity index (χ1v) is 9.16. The summed E-state index contributed by atoms with van der Waals surface area (Å²) < 4.78 is 11.8. The van der Waals surface area contributed by atoms with Crippen molar-refractivity contribution in [1.29, 1.82) is 0 Å². The number of likely N-dealkylation sites (N-methyl/N-ethyl adjacent to an activating group) is 1. The molecule has 0 unspecified atom stereocenters. The number of aryl methyl sites for hydroxylation is 1. The maximum Gasteiger partial charge on any atom is 0.248 e. The Morgan fingerprint density at radius 2 is 2.28 bits per heavy atom. The van der Waals surface area contributed by atoms with Crippen LogP contribution in [0.4, 0.5) is 0 Å². The van der Waals surface area contributed by atoms with Crippen molar-refractivity contribution in [1.82, 2.24) is 9.80 Å². The van der Waals surface area contributed by atoms with Crippen LogP contribution in [0.5, 0.6) is 0 Å². The van der Waals surface area contributed by atoms with Crippen LogP contribution in [0.1, 0.15) is 24.0 Å². The van der Waals surface area contributed by atoms with Gasteiger partial charge in [0, 0.05) is 45.8 Å². The number of carbonyl (C=O) groups is 1. The molecule has 1 amide bonds. The van der Waals surface area contributed by atoms with Crippen LogP contribution in [0, 0.1) is 12.3 Å². The highest BCUT2D eigenvalue weighted by atomic mass is 16.5. The zero-order valence-electron chi connectivity index (χ0n) is 15.7. The van der Waals surface area contributed by atoms with Crippen LogP contribution < -0.4 is 0 Å². The van der Waals surface area contributed by atoms with Crippen molar-refractivity contribution >= 4 is 5.91 Å². The summed E-state index contributed by atoms with van der Waals surface area (Å²) in [7, 11) is 3.52. The van der Waals surface area contributed by atoms with E-state index in [1.165, 1.54) is 11.1 Å². The largest absolute Gasteiger partial charge is 0.377 e. The normalized spacial score (nSPS) is 26.4. The van der Waals surface area contributed by atoms with Crippen molar-refractivity contribution in [2.45, 2.75) is 32.4 Å². The van der Waals surface area contributed by atoms with Gasteiger partial charge in [0.05, 0.1) is 12.7 Å². The molecule has 25 heavy (non-hydrogen) atoms. The topological polar surface area (TPSA) is 42.0 Å². The van der Waals surface area contributed by atoms with Crippen molar-refractivity contribution < 1.29 is 14.3 Å². The molecular weight excluding hydrogens is 316 g/mol. The van der Waals surface area contributed by atoms with E-state index in [1.807, 2.05) is 0 Å². The van der Waals surface area contributed by atoms with E-state index in [4.69, 9.17) is 9.47 Å². The van der Waals surface area contributed by atoms with Crippen molar-refractivity contribution in [2.24, 2.45) is 5.41 Å². The molecule has 0 radical (unpaired) electrons. The molecular formula is C20H30N2O3. The third-order valence-electron chi connectivity index (χ3n) is 5.45. The van der Waals surface area contributed by atoms with Crippen LogP contribution in [-0.4, -0.2) is 68.8 Å². The molecule has 2 aliphatic rings. The number of fused-ring (bicyclic) bond motifs is 1. The Labute approximate surface area is 150 Å². The molecule has 0 N–H and O–H groups in total. The maximum atomic E-state index is 11.8. The molecule has 3 rings (SSSR count). The molecule has 2 fully saturated rings. The summed E-state index contributed by atoms with van der Waals surface area (Å²) in [6.45, 7) is 6.68. The predicted octanol–water partition coefficient (Wildman–Crippen LogP) is 2.08. The molecule has 1 aromatic carbocycles. The standard InChI is InChI=1S/C20H30N2O3/c1-16-5-4-6-17(11-16)12-22-9-7-18-20(14-22,8-10-25-18)15-24-13-19(23)21(2)3/h4-6,11,18H,7-10,12-15H2,1-3H3/t18-,20+/m1/s1. The second-order valence-corrected chi connectivity index (χ2v) is 7.74. The number of ether oxygens (including phenoxy) is 2. The van der Waals surface area contributed by atoms with Gasteiger partial charge < -0.3 is 14.4 Å². The third-order valence-corrected chi connectivity index (χ3v) is 5.45. The lowest BCUT2D eigenvalue weighted by Crippen LogP contribution is -2.51. The predicted molar refractivity (Wildman–Crippen MR) is 97.4 cm³/mol. The van der Waals surface area contributed by atoms with Gasteiger partial charge in [0.1, 0.15) is 6.61 Å². The van der Waals surface area contributed by atoms with Crippen LogP contribution in [0.3, 0.4) is 0 Å². The molecule has 138 valence electrons. The molecule has 5 nitrogen and oxygen atoms in total. The smallest absolute Gasteiger partial charge is 0.248 e. The minimum atomic E-state index is 0.0132. The maximum absolute atomic E-state index is 11.8. The highest BCUT2D eigenvalue weighted by Crippen LogP contribution is 2.41. The summed E-state index contributed by atoms with van der Waals surface area (Å²) in [5, 5.41) is 0. The van der Waals surface area contributed by atoms with Gasteiger partial charge in [-0.15, -0.1) is 0 Å². The Morgan fingerprint density at radius 1 is 1.44 bits per heavy atom. The fourth-order valence-electron chi connectivity index (χ4n) is 4.02. The number of nitrogens with zero attached hydrogens (tertiary/aromatic N) is 2. The molecule has 1 aromatic rings. The number of piperidine rings is 1. The Bertz CT molecular complexity index is 604. The second-order valence-electron chi connectivity index (χ2n) is 7.74. The molecule has 0 aliphatic carbocycles. The van der Waals surface area contributed by atoms with Gasteiger partial charge in [0.25, 0.3) is 0 Å². The van der Waals surface area contributed by atoms with Crippen LogP contribution in [0.2, 0.25) is 0 Å². The molecule has 0 aromatic heterocycles. The van der Waals surface area contributed by atoms with Crippen LogP contribution in [0.25, 0.3) is 0 Å². The van der Waals surface area contributed by atoms with E-state index in [9.17, 15) is 4.79 Å². The summed E-state index contributed by atoms with van der Waals surface area (Å²) in [4.78, 5) is 15.9. The second kappa shape index (κ2) is 7.85. The van der Waals surface area contributed by atoms with Gasteiger partial charge in [-0.2, -0.15) is 0 Å². The van der Waals surface area contributed by atoms with E-state index in [2.05, 4.69) is 36.1 Å². The Morgan fingerprint density at radius 3 is 3.04 bits per heavy atom. The summed E-state index contributed by atoms with van der Waals surface area (Å²) in [5.74, 6) is 0.0132. The number of likely N-dealkylation sites (tertiary alicyclic amines) is 1. The van der Waals surface area contributed by atoms with Gasteiger partial charge >= 0.3 is 0 Å². The van der Waals surface area contributed by atoms with Gasteiger partial charge in [-0.25, -0.2) is 0 Å². The Kier molecular flexibility index (Phi) is 5.77. The first-order chi connectivity index (χ1) is 12.0. The number of hydrogen-bond donors (Lipinski definition) is 0. The van der Waals surface area contributed by atoms with E-state index in [0.717, 1.165) is 39.1 Å². The zero-order valence-corrected chi connectivity index (χ0v) is 15.7. The average molecular weight is 346 g/mol. The number of carbonyl (C=O) groups excluding carboxylic acids is 1. The monoisotopic (exact) mass is 346 g/mol. The number of rotatable bonds is 6. The molecule has 0 bridgehead atoms. The highest BCUT2D eigenvalue weighted by molar-refractivity contribution is 5.76. The Balaban J connectivity index is 1.61. The van der Waals surface area contributed by atoms with Crippen molar-refractivity contribution in [3.05, 3.63) is 35.4 Å². The lowest BCUT2D eigenvalue weighted by atomic mass is 9.77. The van der Waals surface area contributed by atoms with Gasteiger partial charge in [-0.3, -0.25) is 9.69 Å². The molecule has 0 spiro atoms. The van der Waals surface area contributed by atoms with E-state index in [0.29, 0.717) is 6.61 Å². The number of hydrogen-bond acceptors (Lipinski definition) is 4. The zero-order chi connectivity index (χ0) is 17.9. The third kappa shape index (κ3) is 4.40. The molecule has 2 heterocycles. The molecule has 2 saturated heterocycles. The SMILES string of the molecule is Cc1cccc(CN2CC[C@H]3OCC[C@@]3(COCC(=O)N(C)C)C2)c1. The van der Waals surface area contributed by atoms with Crippen LogP contribution in [0.15, 0.2) is 24.3 Å². The first kappa shape index (κ1) is 18.4. The van der Waals surface area contributed by atoms with Gasteiger partial charge in [0.2, 0.25) is 5.91 Å². The summed E-state index contributed by atoms with van der Waals surface area (Å²) in [6.07, 6.45) is 2.31. The highest BCUT2D eigenvalue weighted by Gasteiger charge is 2.48. The fourth-order valence-corrected chi connectivity index (χ4v) is 4.02. The minimum absolute atomic E-state index is 0.0132. The summed E-state index contributed by atoms with van der Waals surface area (Å²) >= 11 is 0. The quantitative estimate of drug-likeness (QED) is 0.791. The lowest BCUT2D eigenvalue weighted by Gasteiger charge is -2.43. The number of benzene rings is 1. The van der Waals surface area contributed by atoms with E-state index < -0.39 is 0 Å². The summed E-state index contributed by atoms with van der Waals surface area (Å²) in [5.41, 5.74) is 2.68. The Hall–Kier alpha value is -1.43. The fraction of sp³-hybridized carbons (Fsp3) is 0.650. The van der Waals surface area contributed by atoms with Crippen molar-refractivity contribution in [3.8, 4) is 0 Å². The van der Waals surface area contributed by atoms with Crippen molar-refractivity contribution in [3.63, 3.8) is 0 Å². The van der Waals surface area contributed by atoms with Crippen LogP contribution >= 0.6 is 0 Å². The number of amides is 1. The van der Waals surface area contributed by atoms with E-state index in [1.54, 1.807) is 19.0 Å². The first-order valence-electron chi connectivity index (χ1n) is 9.16. The van der Waals surface area contributed by atoms with Crippen molar-refractivity contribution in [2.75, 3.05) is 47.0 Å². The van der Waals surface area contributed by atoms with E-state index >= 15 is 0 Å². The molecule has 2 aliphatic heterocycles. The minimum Gasteiger partial charge on any atom is -0.377 e. The summed E-state index contributed by atoms with van der Waals surface area (Å²) in [6, 6.07) is 8.72. The average Bonchev–Trinajstić information content (AvgIpc) is 2.97.